The predicted molar refractivity (Wildman–Crippen MR) is 74.4 cm³/mol. The fourth-order valence-electron chi connectivity index (χ4n) is 1.91. The summed E-state index contributed by atoms with van der Waals surface area (Å²) in [6, 6.07) is 4.68. The summed E-state index contributed by atoms with van der Waals surface area (Å²) in [6.07, 6.45) is 0. The maximum absolute atomic E-state index is 11.9. The molecule has 1 atom stereocenters. The first-order valence-electron chi connectivity index (χ1n) is 5.62. The molecule has 1 rings (SSSR count). The molecule has 18 heavy (non-hydrogen) atoms. The Bertz CT molecular complexity index is 453. The molecule has 0 radical (unpaired) electrons. The highest BCUT2D eigenvalue weighted by molar-refractivity contribution is 7.81. The van der Waals surface area contributed by atoms with Crippen LogP contribution in [0.4, 0.5) is 5.69 Å². The second-order valence-electron chi connectivity index (χ2n) is 4.18. The zero-order chi connectivity index (χ0) is 13.9. The Morgan fingerprint density at radius 2 is 1.83 bits per heavy atom. The van der Waals surface area contributed by atoms with Crippen molar-refractivity contribution in [3.63, 3.8) is 0 Å². The summed E-state index contributed by atoms with van der Waals surface area (Å²) >= 11 is 3.95. The van der Waals surface area contributed by atoms with Crippen LogP contribution in [0.3, 0.4) is 0 Å². The lowest BCUT2D eigenvalue weighted by molar-refractivity contribution is -0.139. The molecule has 1 aromatic rings. The smallest absolute Gasteiger partial charge is 0.326 e. The minimum Gasteiger partial charge on any atom is -0.480 e. The number of carbonyl (C=O) groups excluding carboxylic acids is 1. The molecule has 1 aromatic carbocycles. The molecule has 0 aliphatic carbocycles. The zero-order valence-electron chi connectivity index (χ0n) is 10.7. The van der Waals surface area contributed by atoms with Gasteiger partial charge < -0.3 is 5.11 Å². The van der Waals surface area contributed by atoms with E-state index in [-0.39, 0.29) is 11.7 Å². The number of amides is 1. The number of para-hydroxylation sites is 1. The molecule has 0 heterocycles. The third kappa shape index (κ3) is 2.85. The number of thiol groups is 1. The minimum absolute atomic E-state index is 0.0224. The van der Waals surface area contributed by atoms with Crippen LogP contribution in [-0.2, 0) is 9.59 Å². The predicted octanol–water partition coefficient (Wildman–Crippen LogP) is 2.04. The number of hydrogen-bond donors (Lipinski definition) is 2. The van der Waals surface area contributed by atoms with Crippen molar-refractivity contribution < 1.29 is 14.7 Å². The van der Waals surface area contributed by atoms with E-state index in [0.717, 1.165) is 11.1 Å². The van der Waals surface area contributed by atoms with Gasteiger partial charge in [0.25, 0.3) is 0 Å². The van der Waals surface area contributed by atoms with Crippen LogP contribution in [0.15, 0.2) is 18.2 Å². The van der Waals surface area contributed by atoms with Gasteiger partial charge >= 0.3 is 5.97 Å². The van der Waals surface area contributed by atoms with Crippen molar-refractivity contribution in [2.24, 2.45) is 0 Å². The van der Waals surface area contributed by atoms with Crippen LogP contribution in [0, 0.1) is 13.8 Å². The van der Waals surface area contributed by atoms with Gasteiger partial charge in [0.2, 0.25) is 5.91 Å². The van der Waals surface area contributed by atoms with Gasteiger partial charge in [-0.25, -0.2) is 4.79 Å². The number of carboxylic acids is 1. The van der Waals surface area contributed by atoms with E-state index in [9.17, 15) is 9.59 Å². The van der Waals surface area contributed by atoms with Crippen molar-refractivity contribution in [3.05, 3.63) is 29.3 Å². The van der Waals surface area contributed by atoms with Crippen LogP contribution in [0.1, 0.15) is 18.1 Å². The van der Waals surface area contributed by atoms with Gasteiger partial charge in [-0.05, 0) is 31.9 Å². The van der Waals surface area contributed by atoms with Gasteiger partial charge in [-0.2, -0.15) is 12.6 Å². The van der Waals surface area contributed by atoms with E-state index in [1.807, 2.05) is 32.0 Å². The normalized spacial score (nSPS) is 12.0. The quantitative estimate of drug-likeness (QED) is 0.821. The Morgan fingerprint density at radius 1 is 1.33 bits per heavy atom. The molecule has 0 bridgehead atoms. The largest absolute Gasteiger partial charge is 0.480 e. The highest BCUT2D eigenvalue weighted by atomic mass is 32.1. The highest BCUT2D eigenvalue weighted by Crippen LogP contribution is 2.26. The Morgan fingerprint density at radius 3 is 2.22 bits per heavy atom. The molecular formula is C13H17NO3S. The molecule has 0 aromatic heterocycles. The standard InChI is InChI=1S/C13H17NO3S/c1-8-5-4-6-9(2)12(8)14(11(15)7-18)10(3)13(16)17/h4-6,10,18H,7H2,1-3H3,(H,16,17). The molecule has 4 nitrogen and oxygen atoms in total. The third-order valence-corrected chi connectivity index (χ3v) is 3.10. The van der Waals surface area contributed by atoms with Crippen LogP contribution in [0.5, 0.6) is 0 Å². The number of nitrogens with zero attached hydrogens (tertiary/aromatic N) is 1. The molecule has 0 fully saturated rings. The number of benzene rings is 1. The highest BCUT2D eigenvalue weighted by Gasteiger charge is 2.28. The maximum Gasteiger partial charge on any atom is 0.326 e. The average molecular weight is 267 g/mol. The Hall–Kier alpha value is -1.49. The molecule has 0 saturated carbocycles. The monoisotopic (exact) mass is 267 g/mol. The number of aryl methyl sites for hydroxylation is 2. The van der Waals surface area contributed by atoms with Crippen LogP contribution in [0.25, 0.3) is 0 Å². The van der Waals surface area contributed by atoms with Gasteiger partial charge in [0.05, 0.1) is 11.4 Å². The van der Waals surface area contributed by atoms with E-state index in [1.165, 1.54) is 11.8 Å². The van der Waals surface area contributed by atoms with Crippen molar-refractivity contribution in [3.8, 4) is 0 Å². The van der Waals surface area contributed by atoms with Gasteiger partial charge in [0.15, 0.2) is 0 Å². The van der Waals surface area contributed by atoms with Crippen molar-refractivity contribution in [1.82, 2.24) is 0 Å². The molecule has 1 N–H and O–H groups in total. The van der Waals surface area contributed by atoms with E-state index in [0.29, 0.717) is 5.69 Å². The van der Waals surface area contributed by atoms with Crippen LogP contribution >= 0.6 is 12.6 Å². The summed E-state index contributed by atoms with van der Waals surface area (Å²) in [4.78, 5) is 24.4. The van der Waals surface area contributed by atoms with E-state index in [1.54, 1.807) is 0 Å². The number of carboxylic acid groups (broad SMARTS) is 1. The lowest BCUT2D eigenvalue weighted by atomic mass is 10.1. The first-order chi connectivity index (χ1) is 8.40. The molecule has 0 spiro atoms. The molecule has 0 saturated heterocycles. The second-order valence-corrected chi connectivity index (χ2v) is 4.49. The summed E-state index contributed by atoms with van der Waals surface area (Å²) in [6.45, 7) is 5.21. The summed E-state index contributed by atoms with van der Waals surface area (Å²) in [5.41, 5.74) is 2.41. The first kappa shape index (κ1) is 14.6. The van der Waals surface area contributed by atoms with Crippen LogP contribution < -0.4 is 4.90 Å². The van der Waals surface area contributed by atoms with Gasteiger partial charge in [0.1, 0.15) is 6.04 Å². The SMILES string of the molecule is Cc1cccc(C)c1N(C(=O)CS)C(C)C(=O)O. The Balaban J connectivity index is 3.35. The van der Waals surface area contributed by atoms with E-state index in [4.69, 9.17) is 5.11 Å². The Kier molecular flexibility index (Phi) is 4.78. The molecule has 0 aliphatic heterocycles. The van der Waals surface area contributed by atoms with Crippen molar-refractivity contribution in [2.45, 2.75) is 26.8 Å². The maximum atomic E-state index is 11.9. The first-order valence-corrected chi connectivity index (χ1v) is 6.25. The van der Waals surface area contributed by atoms with Gasteiger partial charge in [-0.15, -0.1) is 0 Å². The van der Waals surface area contributed by atoms with Gasteiger partial charge in [-0.3, -0.25) is 9.69 Å². The molecule has 5 heteroatoms. The van der Waals surface area contributed by atoms with Crippen molar-refractivity contribution in [1.29, 1.82) is 0 Å². The summed E-state index contributed by atoms with van der Waals surface area (Å²) in [5, 5.41) is 9.12. The molecule has 98 valence electrons. The fourth-order valence-corrected chi connectivity index (χ4v) is 2.06. The number of anilines is 1. The lowest BCUT2D eigenvalue weighted by Crippen LogP contribution is -2.45. The molecule has 1 amide bonds. The van der Waals surface area contributed by atoms with E-state index >= 15 is 0 Å². The van der Waals surface area contributed by atoms with Gasteiger partial charge in [-0.1, -0.05) is 18.2 Å². The second kappa shape index (κ2) is 5.91. The number of aliphatic carboxylic acids is 1. The molecular weight excluding hydrogens is 250 g/mol. The number of rotatable bonds is 4. The summed E-state index contributed by atoms with van der Waals surface area (Å²) in [7, 11) is 0. The van der Waals surface area contributed by atoms with Crippen molar-refractivity contribution in [2.75, 3.05) is 10.7 Å². The van der Waals surface area contributed by atoms with Crippen molar-refractivity contribution >= 4 is 30.2 Å². The third-order valence-electron chi connectivity index (χ3n) is 2.83. The zero-order valence-corrected chi connectivity index (χ0v) is 11.6. The topological polar surface area (TPSA) is 57.6 Å². The van der Waals surface area contributed by atoms with Crippen LogP contribution in [-0.4, -0.2) is 28.8 Å². The van der Waals surface area contributed by atoms with E-state index < -0.39 is 12.0 Å². The number of hydrogen-bond acceptors (Lipinski definition) is 3. The average Bonchev–Trinajstić information content (AvgIpc) is 2.32. The summed E-state index contributed by atoms with van der Waals surface area (Å²) < 4.78 is 0. The summed E-state index contributed by atoms with van der Waals surface area (Å²) in [5.74, 6) is -1.37. The molecule has 0 aliphatic rings. The lowest BCUT2D eigenvalue weighted by Gasteiger charge is -2.29. The van der Waals surface area contributed by atoms with Crippen LogP contribution in [0.2, 0.25) is 0 Å². The minimum atomic E-state index is -1.03. The number of carbonyl (C=O) groups is 2. The Labute approximate surface area is 112 Å². The van der Waals surface area contributed by atoms with E-state index in [2.05, 4.69) is 12.6 Å². The fraction of sp³-hybridized carbons (Fsp3) is 0.385. The molecule has 1 unspecified atom stereocenters. The van der Waals surface area contributed by atoms with Gasteiger partial charge in [0, 0.05) is 0 Å².